The maximum Gasteiger partial charge on any atom is 0.263 e. The molecular weight excluding hydrogens is 254 g/mol. The lowest BCUT2D eigenvalue weighted by atomic mass is 10.1. The summed E-state index contributed by atoms with van der Waals surface area (Å²) in [6.07, 6.45) is 1.96. The molecule has 1 fully saturated rings. The van der Waals surface area contributed by atoms with Gasteiger partial charge in [0.2, 0.25) is 0 Å². The van der Waals surface area contributed by atoms with Crippen LogP contribution in [-0.2, 0) is 4.79 Å². The Morgan fingerprint density at radius 2 is 1.90 bits per heavy atom. The second kappa shape index (κ2) is 6.75. The monoisotopic (exact) mass is 277 g/mol. The first-order valence-corrected chi connectivity index (χ1v) is 7.35. The molecule has 0 aromatic heterocycles. The van der Waals surface area contributed by atoms with Gasteiger partial charge in [-0.15, -0.1) is 0 Å². The van der Waals surface area contributed by atoms with Gasteiger partial charge in [-0.25, -0.2) is 0 Å². The minimum Gasteiger partial charge on any atom is -0.481 e. The molecule has 4 nitrogen and oxygen atoms in total. The number of ether oxygens (including phenoxy) is 1. The van der Waals surface area contributed by atoms with Crippen LogP contribution in [0.5, 0.6) is 5.75 Å². The molecule has 1 aromatic rings. The quantitative estimate of drug-likeness (QED) is 0.899. The van der Waals surface area contributed by atoms with E-state index in [1.807, 2.05) is 36.1 Å². The first-order chi connectivity index (χ1) is 9.61. The first kappa shape index (κ1) is 14.9. The number of rotatable bonds is 5. The van der Waals surface area contributed by atoms with Gasteiger partial charge in [0.05, 0.1) is 6.10 Å². The number of hydrogen-bond acceptors (Lipinski definition) is 3. The summed E-state index contributed by atoms with van der Waals surface area (Å²) < 4.78 is 5.68. The van der Waals surface area contributed by atoms with Gasteiger partial charge in [0.15, 0.2) is 6.10 Å². The van der Waals surface area contributed by atoms with Crippen molar-refractivity contribution in [3.63, 3.8) is 0 Å². The van der Waals surface area contributed by atoms with E-state index >= 15 is 0 Å². The SMILES string of the molecule is CC[C@H](O)c1ccc(OC(C)C(=O)N2CCCC2)cc1. The molecular formula is C16H23NO3. The van der Waals surface area contributed by atoms with E-state index in [1.54, 1.807) is 6.92 Å². The van der Waals surface area contributed by atoms with Crippen molar-refractivity contribution < 1.29 is 14.6 Å². The van der Waals surface area contributed by atoms with Crippen LogP contribution in [0, 0.1) is 0 Å². The summed E-state index contributed by atoms with van der Waals surface area (Å²) in [6.45, 7) is 5.41. The van der Waals surface area contributed by atoms with Crippen molar-refractivity contribution in [2.24, 2.45) is 0 Å². The molecule has 1 aromatic carbocycles. The van der Waals surface area contributed by atoms with Crippen LogP contribution in [0.1, 0.15) is 44.8 Å². The summed E-state index contributed by atoms with van der Waals surface area (Å²) >= 11 is 0. The largest absolute Gasteiger partial charge is 0.481 e. The molecule has 0 saturated carbocycles. The zero-order chi connectivity index (χ0) is 14.5. The number of nitrogens with zero attached hydrogens (tertiary/aromatic N) is 1. The number of aliphatic hydroxyl groups excluding tert-OH is 1. The summed E-state index contributed by atoms with van der Waals surface area (Å²) in [5.41, 5.74) is 0.873. The van der Waals surface area contributed by atoms with Gasteiger partial charge in [0.25, 0.3) is 5.91 Å². The van der Waals surface area contributed by atoms with Gasteiger partial charge < -0.3 is 14.7 Å². The summed E-state index contributed by atoms with van der Waals surface area (Å²) in [4.78, 5) is 14.0. The second-order valence-corrected chi connectivity index (χ2v) is 5.29. The van der Waals surface area contributed by atoms with Crippen molar-refractivity contribution in [1.82, 2.24) is 4.90 Å². The molecule has 1 heterocycles. The van der Waals surface area contributed by atoms with E-state index < -0.39 is 12.2 Å². The Kier molecular flexibility index (Phi) is 5.01. The number of aliphatic hydroxyl groups is 1. The van der Waals surface area contributed by atoms with E-state index in [9.17, 15) is 9.90 Å². The van der Waals surface area contributed by atoms with Crippen molar-refractivity contribution in [1.29, 1.82) is 0 Å². The predicted octanol–water partition coefficient (Wildman–Crippen LogP) is 2.52. The normalized spacial score (nSPS) is 17.9. The molecule has 20 heavy (non-hydrogen) atoms. The molecule has 2 rings (SSSR count). The van der Waals surface area contributed by atoms with Crippen LogP contribution >= 0.6 is 0 Å². The lowest BCUT2D eigenvalue weighted by Gasteiger charge is -2.21. The molecule has 0 aliphatic carbocycles. The van der Waals surface area contributed by atoms with E-state index in [0.717, 1.165) is 31.5 Å². The van der Waals surface area contributed by atoms with E-state index in [4.69, 9.17) is 4.74 Å². The van der Waals surface area contributed by atoms with E-state index in [0.29, 0.717) is 12.2 Å². The number of carbonyl (C=O) groups is 1. The average molecular weight is 277 g/mol. The van der Waals surface area contributed by atoms with Gasteiger partial charge in [0.1, 0.15) is 5.75 Å². The zero-order valence-electron chi connectivity index (χ0n) is 12.2. The molecule has 1 unspecified atom stereocenters. The van der Waals surface area contributed by atoms with Crippen molar-refractivity contribution in [3.8, 4) is 5.75 Å². The van der Waals surface area contributed by atoms with Crippen LogP contribution in [0.15, 0.2) is 24.3 Å². The third-order valence-corrected chi connectivity index (χ3v) is 3.73. The summed E-state index contributed by atoms with van der Waals surface area (Å²) in [5.74, 6) is 0.720. The Morgan fingerprint density at radius 1 is 1.30 bits per heavy atom. The molecule has 110 valence electrons. The van der Waals surface area contributed by atoms with Gasteiger partial charge in [-0.2, -0.15) is 0 Å². The molecule has 0 radical (unpaired) electrons. The van der Waals surface area contributed by atoms with Crippen LogP contribution in [0.3, 0.4) is 0 Å². The van der Waals surface area contributed by atoms with Crippen LogP contribution in [-0.4, -0.2) is 35.1 Å². The molecule has 0 spiro atoms. The molecule has 1 saturated heterocycles. The van der Waals surface area contributed by atoms with Crippen molar-refractivity contribution in [3.05, 3.63) is 29.8 Å². The summed E-state index contributed by atoms with van der Waals surface area (Å²) in [5, 5.41) is 9.73. The molecule has 2 atom stereocenters. The standard InChI is InChI=1S/C16H23NO3/c1-3-15(18)13-6-8-14(9-7-13)20-12(2)16(19)17-10-4-5-11-17/h6-9,12,15,18H,3-5,10-11H2,1-2H3/t12?,15-/m0/s1. The molecule has 1 N–H and O–H groups in total. The summed E-state index contributed by atoms with van der Waals surface area (Å²) in [7, 11) is 0. The number of benzene rings is 1. The summed E-state index contributed by atoms with van der Waals surface area (Å²) in [6, 6.07) is 7.30. The van der Waals surface area contributed by atoms with Gasteiger partial charge in [-0.05, 0) is 43.9 Å². The highest BCUT2D eigenvalue weighted by Gasteiger charge is 2.24. The Hall–Kier alpha value is -1.55. The van der Waals surface area contributed by atoms with Crippen LogP contribution < -0.4 is 4.74 Å². The van der Waals surface area contributed by atoms with Crippen molar-refractivity contribution >= 4 is 5.91 Å². The fraction of sp³-hybridized carbons (Fsp3) is 0.562. The van der Waals surface area contributed by atoms with E-state index in [2.05, 4.69) is 0 Å². The highest BCUT2D eigenvalue weighted by Crippen LogP contribution is 2.21. The minimum absolute atomic E-state index is 0.0557. The second-order valence-electron chi connectivity index (χ2n) is 5.29. The maximum atomic E-state index is 12.1. The van der Waals surface area contributed by atoms with Gasteiger partial charge >= 0.3 is 0 Å². The highest BCUT2D eigenvalue weighted by molar-refractivity contribution is 5.81. The Balaban J connectivity index is 1.93. The average Bonchev–Trinajstić information content (AvgIpc) is 3.00. The fourth-order valence-electron chi connectivity index (χ4n) is 2.45. The van der Waals surface area contributed by atoms with Crippen LogP contribution in [0.2, 0.25) is 0 Å². The molecule has 1 aliphatic heterocycles. The molecule has 0 bridgehead atoms. The Labute approximate surface area is 120 Å². The number of amides is 1. The number of carbonyl (C=O) groups excluding carboxylic acids is 1. The third kappa shape index (κ3) is 3.51. The molecule has 1 amide bonds. The van der Waals surface area contributed by atoms with E-state index in [1.165, 1.54) is 0 Å². The lowest BCUT2D eigenvalue weighted by molar-refractivity contribution is -0.136. The molecule has 4 heteroatoms. The first-order valence-electron chi connectivity index (χ1n) is 7.35. The zero-order valence-corrected chi connectivity index (χ0v) is 12.2. The van der Waals surface area contributed by atoms with Gasteiger partial charge in [0, 0.05) is 13.1 Å². The number of likely N-dealkylation sites (tertiary alicyclic amines) is 1. The maximum absolute atomic E-state index is 12.1. The van der Waals surface area contributed by atoms with Gasteiger partial charge in [-0.3, -0.25) is 4.79 Å². The smallest absolute Gasteiger partial charge is 0.263 e. The third-order valence-electron chi connectivity index (χ3n) is 3.73. The van der Waals surface area contributed by atoms with Gasteiger partial charge in [-0.1, -0.05) is 19.1 Å². The lowest BCUT2D eigenvalue weighted by Crippen LogP contribution is -2.38. The van der Waals surface area contributed by atoms with E-state index in [-0.39, 0.29) is 5.91 Å². The number of hydrogen-bond donors (Lipinski definition) is 1. The molecule has 1 aliphatic rings. The van der Waals surface area contributed by atoms with Crippen molar-refractivity contribution in [2.75, 3.05) is 13.1 Å². The fourth-order valence-corrected chi connectivity index (χ4v) is 2.45. The van der Waals surface area contributed by atoms with Crippen molar-refractivity contribution in [2.45, 2.75) is 45.3 Å². The topological polar surface area (TPSA) is 49.8 Å². The van der Waals surface area contributed by atoms with Crippen LogP contribution in [0.25, 0.3) is 0 Å². The Morgan fingerprint density at radius 3 is 2.45 bits per heavy atom. The highest BCUT2D eigenvalue weighted by atomic mass is 16.5. The minimum atomic E-state index is -0.463. The predicted molar refractivity (Wildman–Crippen MR) is 77.6 cm³/mol. The Bertz CT molecular complexity index is 438. The van der Waals surface area contributed by atoms with Crippen LogP contribution in [0.4, 0.5) is 0 Å².